The zero-order valence-electron chi connectivity index (χ0n) is 15.2. The van der Waals surface area contributed by atoms with Crippen LogP contribution in [0.5, 0.6) is 0 Å². The molecule has 150 valence electrons. The number of hydrogen-bond acceptors (Lipinski definition) is 4. The van der Waals surface area contributed by atoms with Crippen LogP contribution in [0.3, 0.4) is 0 Å². The summed E-state index contributed by atoms with van der Waals surface area (Å²) in [5.41, 5.74) is -0.988. The van der Waals surface area contributed by atoms with Crippen LogP contribution in [0.2, 0.25) is 0 Å². The van der Waals surface area contributed by atoms with Crippen LogP contribution in [0.15, 0.2) is 18.2 Å². The molecule has 0 unspecified atom stereocenters. The van der Waals surface area contributed by atoms with Crippen LogP contribution in [-0.2, 0) is 10.9 Å². The van der Waals surface area contributed by atoms with E-state index < -0.39 is 23.8 Å². The molecule has 1 saturated heterocycles. The highest BCUT2D eigenvalue weighted by atomic mass is 19.4. The van der Waals surface area contributed by atoms with Crippen molar-refractivity contribution in [3.8, 4) is 0 Å². The molecule has 1 heterocycles. The molecule has 2 rings (SSSR count). The second-order valence-electron chi connectivity index (χ2n) is 6.52. The Morgan fingerprint density at radius 1 is 1.33 bits per heavy atom. The largest absolute Gasteiger partial charge is 0.465 e. The molecule has 9 heteroatoms. The number of methoxy groups -OCH3 is 1. The van der Waals surface area contributed by atoms with Crippen molar-refractivity contribution in [2.24, 2.45) is 5.92 Å². The third-order valence-electron chi connectivity index (χ3n) is 4.91. The number of benzene rings is 1. The highest BCUT2D eigenvalue weighted by Gasteiger charge is 2.35. The van der Waals surface area contributed by atoms with Crippen LogP contribution < -0.4 is 5.32 Å². The second-order valence-corrected chi connectivity index (χ2v) is 6.52. The van der Waals surface area contributed by atoms with Gasteiger partial charge in [0.1, 0.15) is 0 Å². The van der Waals surface area contributed by atoms with Crippen molar-refractivity contribution in [1.29, 1.82) is 0 Å². The van der Waals surface area contributed by atoms with Crippen LogP contribution in [0.1, 0.15) is 42.1 Å². The molecule has 0 spiro atoms. The van der Waals surface area contributed by atoms with Gasteiger partial charge in [0.15, 0.2) is 0 Å². The predicted molar refractivity (Wildman–Crippen MR) is 92.8 cm³/mol. The Morgan fingerprint density at radius 2 is 1.96 bits per heavy atom. The van der Waals surface area contributed by atoms with Crippen LogP contribution in [0.4, 0.5) is 23.7 Å². The number of alkyl halides is 3. The standard InChI is InChI=1S/C18H23F3N2O4/c1-3-14(11-6-8-23(9-7-11)17(25)26)22-15-10-12(16(24)27-2)4-5-13(15)18(19,20)21/h4-5,10-11,14,22H,3,6-9H2,1-2H3,(H,25,26)/t14-/m0/s1. The van der Waals surface area contributed by atoms with Gasteiger partial charge in [-0.2, -0.15) is 13.2 Å². The number of carbonyl (C=O) groups excluding carboxylic acids is 1. The molecule has 1 atom stereocenters. The molecule has 2 N–H and O–H groups in total. The molecule has 0 saturated carbocycles. The number of amides is 1. The van der Waals surface area contributed by atoms with Crippen LogP contribution in [-0.4, -0.2) is 48.3 Å². The summed E-state index contributed by atoms with van der Waals surface area (Å²) in [4.78, 5) is 24.0. The molecule has 0 aromatic heterocycles. The molecule has 1 aliphatic rings. The lowest BCUT2D eigenvalue weighted by molar-refractivity contribution is -0.137. The van der Waals surface area contributed by atoms with Gasteiger partial charge in [0.25, 0.3) is 0 Å². The minimum Gasteiger partial charge on any atom is -0.465 e. The van der Waals surface area contributed by atoms with Gasteiger partial charge in [-0.3, -0.25) is 0 Å². The van der Waals surface area contributed by atoms with Crippen LogP contribution >= 0.6 is 0 Å². The number of hydrogen-bond donors (Lipinski definition) is 2. The number of esters is 1. The zero-order valence-corrected chi connectivity index (χ0v) is 15.2. The third-order valence-corrected chi connectivity index (χ3v) is 4.91. The molecule has 0 bridgehead atoms. The molecule has 1 fully saturated rings. The quantitative estimate of drug-likeness (QED) is 0.744. The van der Waals surface area contributed by atoms with E-state index in [1.165, 1.54) is 4.90 Å². The number of ether oxygens (including phenoxy) is 1. The first-order valence-electron chi connectivity index (χ1n) is 8.71. The van der Waals surface area contributed by atoms with E-state index in [9.17, 15) is 22.8 Å². The fourth-order valence-corrected chi connectivity index (χ4v) is 3.40. The average Bonchev–Trinajstić information content (AvgIpc) is 2.64. The van der Waals surface area contributed by atoms with Crippen molar-refractivity contribution >= 4 is 17.7 Å². The van der Waals surface area contributed by atoms with E-state index >= 15 is 0 Å². The number of carbonyl (C=O) groups is 2. The summed E-state index contributed by atoms with van der Waals surface area (Å²) in [5, 5.41) is 12.0. The van der Waals surface area contributed by atoms with Gasteiger partial charge in [0.05, 0.1) is 18.2 Å². The third kappa shape index (κ3) is 5.05. The van der Waals surface area contributed by atoms with Gasteiger partial charge in [0.2, 0.25) is 0 Å². The number of nitrogens with one attached hydrogen (secondary N) is 1. The van der Waals surface area contributed by atoms with Gasteiger partial charge in [-0.1, -0.05) is 6.92 Å². The molecule has 27 heavy (non-hydrogen) atoms. The Kier molecular flexibility index (Phi) is 6.56. The monoisotopic (exact) mass is 388 g/mol. The highest BCUT2D eigenvalue weighted by molar-refractivity contribution is 5.90. The van der Waals surface area contributed by atoms with Crippen LogP contribution in [0.25, 0.3) is 0 Å². The first-order chi connectivity index (χ1) is 12.7. The number of piperidine rings is 1. The number of anilines is 1. The Bertz CT molecular complexity index is 686. The van der Waals surface area contributed by atoms with Gasteiger partial charge in [-0.05, 0) is 43.4 Å². The minimum absolute atomic E-state index is 0.0311. The number of halogens is 3. The summed E-state index contributed by atoms with van der Waals surface area (Å²) in [7, 11) is 1.16. The maximum Gasteiger partial charge on any atom is 0.418 e. The lowest BCUT2D eigenvalue weighted by atomic mass is 9.87. The summed E-state index contributed by atoms with van der Waals surface area (Å²) in [6, 6.07) is 2.85. The maximum absolute atomic E-state index is 13.4. The topological polar surface area (TPSA) is 78.9 Å². The molecular weight excluding hydrogens is 365 g/mol. The van der Waals surface area contributed by atoms with E-state index in [1.807, 2.05) is 6.92 Å². The summed E-state index contributed by atoms with van der Waals surface area (Å²) >= 11 is 0. The molecule has 1 aromatic carbocycles. The normalized spacial score (nSPS) is 16.7. The maximum atomic E-state index is 13.4. The number of likely N-dealkylation sites (tertiary alicyclic amines) is 1. The molecule has 1 aromatic rings. The number of nitrogens with zero attached hydrogens (tertiary/aromatic N) is 1. The molecule has 1 aliphatic heterocycles. The second kappa shape index (κ2) is 8.49. The van der Waals surface area contributed by atoms with Crippen LogP contribution in [0, 0.1) is 5.92 Å². The Labute approximate surface area is 155 Å². The number of rotatable bonds is 5. The van der Waals surface area contributed by atoms with Crippen molar-refractivity contribution in [2.75, 3.05) is 25.5 Å². The molecule has 0 radical (unpaired) electrons. The van der Waals surface area contributed by atoms with E-state index in [0.29, 0.717) is 32.4 Å². The Balaban J connectivity index is 2.24. The fourth-order valence-electron chi connectivity index (χ4n) is 3.40. The Hall–Kier alpha value is -2.45. The van der Waals surface area contributed by atoms with Crippen molar-refractivity contribution in [2.45, 2.75) is 38.4 Å². The first-order valence-corrected chi connectivity index (χ1v) is 8.71. The number of carboxylic acid groups (broad SMARTS) is 1. The van der Waals surface area contributed by atoms with Gasteiger partial charge < -0.3 is 20.1 Å². The summed E-state index contributed by atoms with van der Waals surface area (Å²) in [6.45, 7) is 2.57. The van der Waals surface area contributed by atoms with Crippen molar-refractivity contribution < 1.29 is 32.6 Å². The fraction of sp³-hybridized carbons (Fsp3) is 0.556. The predicted octanol–water partition coefficient (Wildman–Crippen LogP) is 4.07. The van der Waals surface area contributed by atoms with E-state index in [2.05, 4.69) is 10.1 Å². The Morgan fingerprint density at radius 3 is 2.44 bits per heavy atom. The van der Waals surface area contributed by atoms with Gasteiger partial charge in [-0.15, -0.1) is 0 Å². The van der Waals surface area contributed by atoms with E-state index in [0.717, 1.165) is 25.3 Å². The summed E-state index contributed by atoms with van der Waals surface area (Å²) < 4.78 is 44.7. The SMILES string of the molecule is CC[C@H](Nc1cc(C(=O)OC)ccc1C(F)(F)F)C1CCN(C(=O)O)CC1. The van der Waals surface area contributed by atoms with Crippen molar-refractivity contribution in [1.82, 2.24) is 4.90 Å². The lowest BCUT2D eigenvalue weighted by Gasteiger charge is -2.35. The van der Waals surface area contributed by atoms with Crippen molar-refractivity contribution in [3.05, 3.63) is 29.3 Å². The van der Waals surface area contributed by atoms with Gasteiger partial charge in [-0.25, -0.2) is 9.59 Å². The highest BCUT2D eigenvalue weighted by Crippen LogP contribution is 2.37. The zero-order chi connectivity index (χ0) is 20.2. The van der Waals surface area contributed by atoms with E-state index in [1.54, 1.807) is 0 Å². The van der Waals surface area contributed by atoms with E-state index in [-0.39, 0.29) is 23.2 Å². The summed E-state index contributed by atoms with van der Waals surface area (Å²) in [5.74, 6) is -0.678. The summed E-state index contributed by atoms with van der Waals surface area (Å²) in [6.07, 6.45) is -3.86. The molecule has 0 aliphatic carbocycles. The lowest BCUT2D eigenvalue weighted by Crippen LogP contribution is -2.42. The smallest absolute Gasteiger partial charge is 0.418 e. The van der Waals surface area contributed by atoms with Crippen molar-refractivity contribution in [3.63, 3.8) is 0 Å². The molecule has 1 amide bonds. The van der Waals surface area contributed by atoms with Gasteiger partial charge >= 0.3 is 18.2 Å². The molecular formula is C18H23F3N2O4. The van der Waals surface area contributed by atoms with Gasteiger partial charge in [0, 0.05) is 24.8 Å². The first kappa shape index (κ1) is 20.9. The van der Waals surface area contributed by atoms with E-state index in [4.69, 9.17) is 5.11 Å². The molecule has 6 nitrogen and oxygen atoms in total. The average molecular weight is 388 g/mol. The minimum atomic E-state index is -4.57.